The van der Waals surface area contributed by atoms with Gasteiger partial charge in [-0.15, -0.1) is 0 Å². The number of aliphatic hydroxyl groups is 1. The molecule has 0 aromatic heterocycles. The second-order valence-corrected chi connectivity index (χ2v) is 10.6. The van der Waals surface area contributed by atoms with Gasteiger partial charge in [-0.3, -0.25) is 0 Å². The number of benzene rings is 1. The van der Waals surface area contributed by atoms with Gasteiger partial charge in [0.15, 0.2) is 5.82 Å². The van der Waals surface area contributed by atoms with Gasteiger partial charge < -0.3 is 9.53 Å². The number of hydrogen-bond donors (Lipinski definition) is 1. The fourth-order valence-electron chi connectivity index (χ4n) is 1.24. The second kappa shape index (κ2) is 4.97. The minimum absolute atomic E-state index is 0.0799. The highest BCUT2D eigenvalue weighted by Gasteiger charge is 2.39. The lowest BCUT2D eigenvalue weighted by atomic mass is 10.2. The molecule has 0 atom stereocenters. The maximum absolute atomic E-state index is 13.9. The summed E-state index contributed by atoms with van der Waals surface area (Å²) >= 11 is 0. The van der Waals surface area contributed by atoms with Crippen molar-refractivity contribution in [2.75, 3.05) is 0 Å². The molecule has 0 amide bonds. The van der Waals surface area contributed by atoms with Crippen molar-refractivity contribution in [3.63, 3.8) is 0 Å². The lowest BCUT2D eigenvalue weighted by molar-refractivity contribution is 0.273. The summed E-state index contributed by atoms with van der Waals surface area (Å²) in [6.07, 6.45) is 0. The lowest BCUT2D eigenvalue weighted by Crippen LogP contribution is -2.44. The summed E-state index contributed by atoms with van der Waals surface area (Å²) in [5, 5.41) is 8.87. The summed E-state index contributed by atoms with van der Waals surface area (Å²) in [7, 11) is -2.22. The molecule has 0 aliphatic rings. The van der Waals surface area contributed by atoms with Gasteiger partial charge >= 0.3 is 0 Å². The van der Waals surface area contributed by atoms with Crippen LogP contribution in [0.2, 0.25) is 18.1 Å². The summed E-state index contributed by atoms with van der Waals surface area (Å²) < 4.78 is 33.0. The molecule has 2 nitrogen and oxygen atoms in total. The third kappa shape index (κ3) is 3.08. The van der Waals surface area contributed by atoms with Gasteiger partial charge in [-0.25, -0.2) is 8.78 Å². The van der Waals surface area contributed by atoms with Crippen molar-refractivity contribution in [3.8, 4) is 5.75 Å². The zero-order valence-corrected chi connectivity index (χ0v) is 12.5. The summed E-state index contributed by atoms with van der Waals surface area (Å²) in [6.45, 7) is 9.42. The van der Waals surface area contributed by atoms with E-state index in [0.717, 1.165) is 12.1 Å². The number of rotatable bonds is 3. The predicted octanol–water partition coefficient (Wildman–Crippen LogP) is 3.84. The van der Waals surface area contributed by atoms with Gasteiger partial charge in [0.2, 0.25) is 0 Å². The summed E-state index contributed by atoms with van der Waals surface area (Å²) in [5.74, 6) is -1.39. The van der Waals surface area contributed by atoms with Crippen LogP contribution in [0.3, 0.4) is 0 Å². The Morgan fingerprint density at radius 3 is 2.22 bits per heavy atom. The van der Waals surface area contributed by atoms with Gasteiger partial charge in [0.25, 0.3) is 8.32 Å². The zero-order chi connectivity index (χ0) is 14.1. The van der Waals surface area contributed by atoms with Crippen LogP contribution in [-0.2, 0) is 6.61 Å². The molecule has 18 heavy (non-hydrogen) atoms. The minimum Gasteiger partial charge on any atom is -0.541 e. The molecule has 0 bridgehead atoms. The van der Waals surface area contributed by atoms with E-state index < -0.39 is 26.6 Å². The Morgan fingerprint density at radius 1 is 1.22 bits per heavy atom. The molecule has 0 radical (unpaired) electrons. The van der Waals surface area contributed by atoms with E-state index in [2.05, 4.69) is 0 Å². The number of aliphatic hydroxyl groups excluding tert-OH is 1. The van der Waals surface area contributed by atoms with E-state index in [1.807, 2.05) is 33.9 Å². The average molecular weight is 274 g/mol. The Labute approximate surface area is 108 Å². The van der Waals surface area contributed by atoms with Crippen molar-refractivity contribution in [3.05, 3.63) is 29.3 Å². The zero-order valence-electron chi connectivity index (χ0n) is 11.5. The molecule has 0 saturated carbocycles. The molecule has 0 fully saturated rings. The van der Waals surface area contributed by atoms with Gasteiger partial charge in [0.05, 0.1) is 6.61 Å². The molecule has 0 aliphatic carbocycles. The van der Waals surface area contributed by atoms with E-state index in [9.17, 15) is 8.78 Å². The fourth-order valence-corrected chi connectivity index (χ4v) is 2.24. The summed E-state index contributed by atoms with van der Waals surface area (Å²) in [5.41, 5.74) is -0.0799. The van der Waals surface area contributed by atoms with Crippen LogP contribution < -0.4 is 4.43 Å². The quantitative estimate of drug-likeness (QED) is 0.849. The Kier molecular flexibility index (Phi) is 4.18. The van der Waals surface area contributed by atoms with E-state index in [1.165, 1.54) is 0 Å². The molecular formula is C13H20F2O2Si. The van der Waals surface area contributed by atoms with Crippen molar-refractivity contribution in [1.29, 1.82) is 0 Å². The van der Waals surface area contributed by atoms with Crippen LogP contribution in [0, 0.1) is 11.6 Å². The van der Waals surface area contributed by atoms with Gasteiger partial charge in [0, 0.05) is 11.6 Å². The molecule has 5 heteroatoms. The third-order valence-corrected chi connectivity index (χ3v) is 7.76. The Bertz CT molecular complexity index is 439. The van der Waals surface area contributed by atoms with Crippen molar-refractivity contribution in [2.24, 2.45) is 0 Å². The first-order valence-corrected chi connectivity index (χ1v) is 8.77. The third-order valence-electron chi connectivity index (χ3n) is 3.42. The fraction of sp³-hybridized carbons (Fsp3) is 0.538. The maximum Gasteiger partial charge on any atom is 0.250 e. The molecule has 1 rings (SSSR count). The molecule has 102 valence electrons. The molecule has 0 unspecified atom stereocenters. The average Bonchev–Trinajstić information content (AvgIpc) is 2.20. The Balaban J connectivity index is 3.16. The maximum atomic E-state index is 13.9. The van der Waals surface area contributed by atoms with Gasteiger partial charge in [-0.2, -0.15) is 0 Å². The second-order valence-electron chi connectivity index (χ2n) is 5.90. The van der Waals surface area contributed by atoms with Crippen LogP contribution in [0.1, 0.15) is 26.3 Å². The molecule has 0 heterocycles. The normalized spacial score (nSPS) is 12.7. The molecular weight excluding hydrogens is 254 g/mol. The lowest BCUT2D eigenvalue weighted by Gasteiger charge is -2.36. The topological polar surface area (TPSA) is 29.5 Å². The van der Waals surface area contributed by atoms with E-state index >= 15 is 0 Å². The van der Waals surface area contributed by atoms with Crippen LogP contribution >= 0.6 is 0 Å². The Hall–Kier alpha value is -0.943. The minimum atomic E-state index is -2.22. The molecule has 0 aliphatic heterocycles. The largest absolute Gasteiger partial charge is 0.541 e. The smallest absolute Gasteiger partial charge is 0.250 e. The van der Waals surface area contributed by atoms with Crippen molar-refractivity contribution < 1.29 is 18.3 Å². The molecule has 0 spiro atoms. The molecule has 0 saturated heterocycles. The first-order chi connectivity index (χ1) is 8.08. The highest BCUT2D eigenvalue weighted by atomic mass is 28.4. The summed E-state index contributed by atoms with van der Waals surface area (Å²) in [6, 6.07) is 2.02. The van der Waals surface area contributed by atoms with Gasteiger partial charge in [0.1, 0.15) is 11.6 Å². The monoisotopic (exact) mass is 274 g/mol. The SMILES string of the molecule is CC(C)(C)[Si](C)(C)Oc1cc(F)cc(CO)c1F. The van der Waals surface area contributed by atoms with Crippen LogP contribution in [0.15, 0.2) is 12.1 Å². The van der Waals surface area contributed by atoms with E-state index in [-0.39, 0.29) is 16.4 Å². The van der Waals surface area contributed by atoms with Gasteiger partial charge in [-0.1, -0.05) is 20.8 Å². The van der Waals surface area contributed by atoms with Crippen LogP contribution in [-0.4, -0.2) is 13.4 Å². The first-order valence-electron chi connectivity index (χ1n) is 5.86. The van der Waals surface area contributed by atoms with Crippen molar-refractivity contribution in [1.82, 2.24) is 0 Å². The van der Waals surface area contributed by atoms with Crippen LogP contribution in [0.4, 0.5) is 8.78 Å². The standard InChI is InChI=1S/C13H20F2O2Si/c1-13(2,3)18(4,5)17-11-7-10(14)6-9(8-16)12(11)15/h6-7,16H,8H2,1-5H3. The van der Waals surface area contributed by atoms with Gasteiger partial charge in [-0.05, 0) is 24.2 Å². The Morgan fingerprint density at radius 2 is 1.78 bits per heavy atom. The molecule has 1 aromatic carbocycles. The highest BCUT2D eigenvalue weighted by Crippen LogP contribution is 2.38. The molecule has 1 aromatic rings. The van der Waals surface area contributed by atoms with E-state index in [0.29, 0.717) is 0 Å². The summed E-state index contributed by atoms with van der Waals surface area (Å²) in [4.78, 5) is 0. The highest BCUT2D eigenvalue weighted by molar-refractivity contribution is 6.74. The number of halogens is 2. The van der Waals surface area contributed by atoms with Crippen molar-refractivity contribution >= 4 is 8.32 Å². The molecule has 1 N–H and O–H groups in total. The van der Waals surface area contributed by atoms with Crippen LogP contribution in [0.25, 0.3) is 0 Å². The van der Waals surface area contributed by atoms with Crippen molar-refractivity contribution in [2.45, 2.75) is 45.5 Å². The van der Waals surface area contributed by atoms with E-state index in [4.69, 9.17) is 9.53 Å². The predicted molar refractivity (Wildman–Crippen MR) is 70.1 cm³/mol. The number of hydrogen-bond acceptors (Lipinski definition) is 2. The van der Waals surface area contributed by atoms with Crippen LogP contribution in [0.5, 0.6) is 5.75 Å². The van der Waals surface area contributed by atoms with E-state index in [1.54, 1.807) is 0 Å². The first kappa shape index (κ1) is 15.1.